The molecule has 1 amide bonds. The Morgan fingerprint density at radius 1 is 1.07 bits per heavy atom. The van der Waals surface area contributed by atoms with Crippen LogP contribution in [0.15, 0.2) is 53.4 Å². The number of nitrogens with zero attached hydrogens (tertiary/aromatic N) is 1. The summed E-state index contributed by atoms with van der Waals surface area (Å²) in [5, 5.41) is 0.311. The summed E-state index contributed by atoms with van der Waals surface area (Å²) in [6, 6.07) is 12.8. The normalized spacial score (nSPS) is 14.0. The Kier molecular flexibility index (Phi) is 7.47. The van der Waals surface area contributed by atoms with Crippen LogP contribution < -0.4 is 4.72 Å². The second-order valence-electron chi connectivity index (χ2n) is 6.96. The topological polar surface area (TPSA) is 92.8 Å². The Hall–Kier alpha value is -2.42. The Morgan fingerprint density at radius 2 is 1.77 bits per heavy atom. The second kappa shape index (κ2) is 10.1. The third kappa shape index (κ3) is 6.04. The van der Waals surface area contributed by atoms with Crippen LogP contribution in [0.25, 0.3) is 0 Å². The molecule has 2 aromatic rings. The third-order valence-corrected chi connectivity index (χ3v) is 6.42. The maximum absolute atomic E-state index is 12.3. The van der Waals surface area contributed by atoms with E-state index in [0.717, 1.165) is 31.5 Å². The molecule has 3 rings (SSSR count). The lowest BCUT2D eigenvalue weighted by Gasteiger charge is -2.15. The molecule has 1 aliphatic heterocycles. The molecule has 1 saturated heterocycles. The van der Waals surface area contributed by atoms with Crippen molar-refractivity contribution in [1.82, 2.24) is 9.62 Å². The van der Waals surface area contributed by atoms with Gasteiger partial charge in [-0.25, -0.2) is 13.1 Å². The number of ether oxygens (including phenoxy) is 1. The van der Waals surface area contributed by atoms with Crippen molar-refractivity contribution in [3.63, 3.8) is 0 Å². The highest BCUT2D eigenvalue weighted by molar-refractivity contribution is 7.89. The van der Waals surface area contributed by atoms with Gasteiger partial charge in [-0.3, -0.25) is 9.59 Å². The van der Waals surface area contributed by atoms with Crippen LogP contribution in [0.1, 0.15) is 35.2 Å². The standard InChI is InChI=1S/C21H23ClN2O5S/c22-18-4-3-5-19(14-18)30(27,28)23-11-10-20(25)29-15-16-6-8-17(9-7-16)21(26)24-12-1-2-13-24/h3-9,14,23H,1-2,10-13,15H2. The van der Waals surface area contributed by atoms with Crippen LogP contribution in [0.2, 0.25) is 5.02 Å². The number of benzene rings is 2. The SMILES string of the molecule is O=C(CCNS(=O)(=O)c1cccc(Cl)c1)OCc1ccc(C(=O)N2CCCC2)cc1. The van der Waals surface area contributed by atoms with Gasteiger partial charge in [-0.1, -0.05) is 29.8 Å². The second-order valence-corrected chi connectivity index (χ2v) is 9.17. The van der Waals surface area contributed by atoms with Gasteiger partial charge in [0.1, 0.15) is 6.61 Å². The van der Waals surface area contributed by atoms with Crippen LogP contribution in [0.3, 0.4) is 0 Å². The molecule has 0 bridgehead atoms. The Bertz CT molecular complexity index is 1000. The minimum absolute atomic E-state index is 0.0167. The minimum atomic E-state index is -3.74. The average molecular weight is 451 g/mol. The van der Waals surface area contributed by atoms with E-state index in [1.165, 1.54) is 18.2 Å². The van der Waals surface area contributed by atoms with Crippen molar-refractivity contribution in [3.05, 3.63) is 64.7 Å². The van der Waals surface area contributed by atoms with E-state index in [9.17, 15) is 18.0 Å². The summed E-state index contributed by atoms with van der Waals surface area (Å²) in [5.41, 5.74) is 1.36. The molecule has 1 N–H and O–H groups in total. The molecule has 7 nitrogen and oxygen atoms in total. The first-order chi connectivity index (χ1) is 14.3. The molecule has 0 aliphatic carbocycles. The molecule has 0 spiro atoms. The molecule has 2 aromatic carbocycles. The molecule has 0 aromatic heterocycles. The van der Waals surface area contributed by atoms with Crippen molar-refractivity contribution in [2.24, 2.45) is 0 Å². The summed E-state index contributed by atoms with van der Waals surface area (Å²) in [6.45, 7) is 1.55. The summed E-state index contributed by atoms with van der Waals surface area (Å²) in [6.07, 6.45) is 1.97. The van der Waals surface area contributed by atoms with E-state index >= 15 is 0 Å². The molecule has 0 atom stereocenters. The third-order valence-electron chi connectivity index (χ3n) is 4.72. The minimum Gasteiger partial charge on any atom is -0.461 e. The predicted octanol–water partition coefficient (Wildman–Crippen LogP) is 2.99. The number of rotatable bonds is 8. The van der Waals surface area contributed by atoms with Crippen LogP contribution >= 0.6 is 11.6 Å². The van der Waals surface area contributed by atoms with E-state index in [2.05, 4.69) is 4.72 Å². The number of hydrogen-bond acceptors (Lipinski definition) is 5. The predicted molar refractivity (Wildman–Crippen MR) is 113 cm³/mol. The van der Waals surface area contributed by atoms with Crippen molar-refractivity contribution >= 4 is 33.5 Å². The van der Waals surface area contributed by atoms with Gasteiger partial charge in [0.05, 0.1) is 11.3 Å². The number of esters is 1. The fraction of sp³-hybridized carbons (Fsp3) is 0.333. The van der Waals surface area contributed by atoms with E-state index in [0.29, 0.717) is 10.6 Å². The van der Waals surface area contributed by atoms with Crippen LogP contribution in [-0.4, -0.2) is 44.8 Å². The number of nitrogens with one attached hydrogen (secondary N) is 1. The van der Waals surface area contributed by atoms with E-state index in [-0.39, 0.29) is 30.4 Å². The first-order valence-corrected chi connectivity index (χ1v) is 11.5. The van der Waals surface area contributed by atoms with E-state index in [1.54, 1.807) is 30.3 Å². The molecular weight excluding hydrogens is 428 g/mol. The van der Waals surface area contributed by atoms with Crippen molar-refractivity contribution < 1.29 is 22.7 Å². The van der Waals surface area contributed by atoms with Gasteiger partial charge in [0.2, 0.25) is 10.0 Å². The first kappa shape index (κ1) is 22.3. The summed E-state index contributed by atoms with van der Waals surface area (Å²) < 4.78 is 31.9. The van der Waals surface area contributed by atoms with Crippen LogP contribution in [-0.2, 0) is 26.2 Å². The fourth-order valence-corrected chi connectivity index (χ4v) is 4.42. The number of hydrogen-bond donors (Lipinski definition) is 1. The zero-order valence-corrected chi connectivity index (χ0v) is 17.9. The summed E-state index contributed by atoms with van der Waals surface area (Å²) in [4.78, 5) is 26.1. The molecule has 1 heterocycles. The van der Waals surface area contributed by atoms with Crippen molar-refractivity contribution in [2.75, 3.05) is 19.6 Å². The number of halogens is 1. The van der Waals surface area contributed by atoms with Gasteiger partial charge in [0.25, 0.3) is 5.91 Å². The highest BCUT2D eigenvalue weighted by Crippen LogP contribution is 2.16. The fourth-order valence-electron chi connectivity index (χ4n) is 3.09. The van der Waals surface area contributed by atoms with Gasteiger partial charge in [0.15, 0.2) is 0 Å². The zero-order valence-electron chi connectivity index (χ0n) is 16.3. The van der Waals surface area contributed by atoms with Gasteiger partial charge in [0, 0.05) is 30.2 Å². The van der Waals surface area contributed by atoms with Crippen LogP contribution in [0.4, 0.5) is 0 Å². The van der Waals surface area contributed by atoms with Gasteiger partial charge in [-0.15, -0.1) is 0 Å². The molecular formula is C21H23ClN2O5S. The van der Waals surface area contributed by atoms with E-state index < -0.39 is 16.0 Å². The highest BCUT2D eigenvalue weighted by atomic mass is 35.5. The maximum Gasteiger partial charge on any atom is 0.307 e. The number of likely N-dealkylation sites (tertiary alicyclic amines) is 1. The molecule has 0 saturated carbocycles. The maximum atomic E-state index is 12.3. The lowest BCUT2D eigenvalue weighted by Crippen LogP contribution is -2.27. The number of carbonyl (C=O) groups is 2. The molecule has 0 radical (unpaired) electrons. The first-order valence-electron chi connectivity index (χ1n) is 9.64. The quantitative estimate of drug-likeness (QED) is 0.624. The Balaban J connectivity index is 1.43. The van der Waals surface area contributed by atoms with Crippen LogP contribution in [0.5, 0.6) is 0 Å². The van der Waals surface area contributed by atoms with E-state index in [1.807, 2.05) is 4.90 Å². The smallest absolute Gasteiger partial charge is 0.307 e. The molecule has 9 heteroatoms. The summed E-state index contributed by atoms with van der Waals surface area (Å²) >= 11 is 5.81. The molecule has 30 heavy (non-hydrogen) atoms. The van der Waals surface area contributed by atoms with Gasteiger partial charge in [-0.05, 0) is 48.7 Å². The average Bonchev–Trinajstić information content (AvgIpc) is 3.27. The van der Waals surface area contributed by atoms with Crippen molar-refractivity contribution in [2.45, 2.75) is 30.8 Å². The van der Waals surface area contributed by atoms with Gasteiger partial charge in [-0.2, -0.15) is 0 Å². The highest BCUT2D eigenvalue weighted by Gasteiger charge is 2.19. The van der Waals surface area contributed by atoms with Gasteiger partial charge >= 0.3 is 5.97 Å². The summed E-state index contributed by atoms with van der Waals surface area (Å²) in [7, 11) is -3.74. The van der Waals surface area contributed by atoms with E-state index in [4.69, 9.17) is 16.3 Å². The van der Waals surface area contributed by atoms with Crippen molar-refractivity contribution in [1.29, 1.82) is 0 Å². The number of amides is 1. The lowest BCUT2D eigenvalue weighted by molar-refractivity contribution is -0.144. The molecule has 1 aliphatic rings. The van der Waals surface area contributed by atoms with Gasteiger partial charge < -0.3 is 9.64 Å². The van der Waals surface area contributed by atoms with Crippen molar-refractivity contribution in [3.8, 4) is 0 Å². The largest absolute Gasteiger partial charge is 0.461 e. The number of carbonyl (C=O) groups excluding carboxylic acids is 2. The van der Waals surface area contributed by atoms with Crippen LogP contribution in [0, 0.1) is 0 Å². The lowest BCUT2D eigenvalue weighted by atomic mass is 10.1. The Morgan fingerprint density at radius 3 is 2.43 bits per heavy atom. The monoisotopic (exact) mass is 450 g/mol. The molecule has 1 fully saturated rings. The zero-order chi connectivity index (χ0) is 21.6. The Labute approximate surface area is 181 Å². The molecule has 160 valence electrons. The number of sulfonamides is 1. The summed E-state index contributed by atoms with van der Waals surface area (Å²) in [5.74, 6) is -0.510. The molecule has 0 unspecified atom stereocenters.